The Hall–Kier alpha value is -3.95. The van der Waals surface area contributed by atoms with Crippen LogP contribution in [-0.4, -0.2) is 47.7 Å². The predicted molar refractivity (Wildman–Crippen MR) is 143 cm³/mol. The van der Waals surface area contributed by atoms with Gasteiger partial charge in [-0.25, -0.2) is 10.2 Å². The van der Waals surface area contributed by atoms with Crippen LogP contribution >= 0.6 is 0 Å². The van der Waals surface area contributed by atoms with E-state index in [0.29, 0.717) is 12.7 Å². The molecule has 200 valence electrons. The third-order valence-electron chi connectivity index (χ3n) is 5.19. The molecular weight excluding hydrogens is 474 g/mol. The highest BCUT2D eigenvalue weighted by Gasteiger charge is 2.26. The lowest BCUT2D eigenvalue weighted by Crippen LogP contribution is -2.51. The second kappa shape index (κ2) is 13.4. The molecule has 2 atom stereocenters. The summed E-state index contributed by atoms with van der Waals surface area (Å²) < 4.78 is 5.69. The zero-order valence-corrected chi connectivity index (χ0v) is 22.0. The smallest absolute Gasteiger partial charge is 0.332 e. The first-order valence-corrected chi connectivity index (χ1v) is 12.2. The molecule has 0 aliphatic rings. The van der Waals surface area contributed by atoms with Crippen molar-refractivity contribution in [1.82, 2.24) is 16.1 Å². The molecule has 0 aliphatic heterocycles. The number of benzene rings is 2. The molecule has 37 heavy (non-hydrogen) atoms. The monoisotopic (exact) mass is 511 g/mol. The number of fused-ring (bicyclic) bond motifs is 1. The van der Waals surface area contributed by atoms with Crippen molar-refractivity contribution in [2.24, 2.45) is 16.8 Å². The number of nitrogens with one attached hydrogen (secondary N) is 3. The first-order chi connectivity index (χ1) is 17.4. The fourth-order valence-electron chi connectivity index (χ4n) is 3.75. The summed E-state index contributed by atoms with van der Waals surface area (Å²) in [6, 6.07) is 10.8. The lowest BCUT2D eigenvalue weighted by atomic mass is 10.00. The van der Waals surface area contributed by atoms with Crippen molar-refractivity contribution >= 4 is 40.8 Å². The lowest BCUT2D eigenvalue weighted by molar-refractivity contribution is -0.130. The average Bonchev–Trinajstić information content (AvgIpc) is 2.80. The van der Waals surface area contributed by atoms with Crippen LogP contribution in [0.3, 0.4) is 0 Å². The fraction of sp³-hybridized carbons (Fsp3) is 0.444. The molecule has 0 saturated heterocycles. The molecule has 0 spiro atoms. The number of hydrazone groups is 1. The molecule has 4 amide bonds. The van der Waals surface area contributed by atoms with Crippen LogP contribution in [0.4, 0.5) is 4.79 Å². The van der Waals surface area contributed by atoms with Crippen molar-refractivity contribution in [1.29, 1.82) is 0 Å². The summed E-state index contributed by atoms with van der Waals surface area (Å²) in [5, 5.41) is 11.3. The molecule has 10 nitrogen and oxygen atoms in total. The maximum absolute atomic E-state index is 13.1. The molecular formula is C27H37N5O5. The molecule has 0 aromatic heterocycles. The molecule has 0 aliphatic carbocycles. The Kier molecular flexibility index (Phi) is 10.6. The molecule has 0 bridgehead atoms. The second-order valence-electron chi connectivity index (χ2n) is 10.2. The Balaban J connectivity index is 2.13. The summed E-state index contributed by atoms with van der Waals surface area (Å²) >= 11 is 0. The van der Waals surface area contributed by atoms with Crippen LogP contribution in [0, 0.1) is 5.92 Å². The summed E-state index contributed by atoms with van der Waals surface area (Å²) in [5.41, 5.74) is 7.33. The van der Waals surface area contributed by atoms with E-state index in [1.54, 1.807) is 20.8 Å². The minimum atomic E-state index is -1.01. The standard InChI is InChI=1S/C27H37N5O5/c1-17(2)13-22(30-23(34)14-19-11-8-10-18-9-6-7-12-21(18)19)25(35)29-20(16-33)15-24(31-32-26(28)36)37-27(3,4)5/h6-12,16-17,20,22H,13-15H2,1-5H3,(H,29,35)(H,30,34)(H3,28,32,36)/t20?,22-/m0/s1. The number of nitrogens with zero attached hydrogens (tertiary/aromatic N) is 1. The van der Waals surface area contributed by atoms with E-state index < -0.39 is 29.6 Å². The number of carbonyl (C=O) groups is 4. The number of carbonyl (C=O) groups excluding carboxylic acids is 4. The summed E-state index contributed by atoms with van der Waals surface area (Å²) in [4.78, 5) is 48.9. The van der Waals surface area contributed by atoms with Crippen LogP contribution in [0.5, 0.6) is 0 Å². The number of nitrogens with two attached hydrogens (primary N) is 1. The maximum atomic E-state index is 13.1. The van der Waals surface area contributed by atoms with Crippen LogP contribution in [0.15, 0.2) is 47.6 Å². The highest BCUT2D eigenvalue weighted by atomic mass is 16.5. The highest BCUT2D eigenvalue weighted by molar-refractivity contribution is 5.93. The summed E-state index contributed by atoms with van der Waals surface area (Å²) in [6.07, 6.45) is 0.913. The molecule has 10 heteroatoms. The van der Waals surface area contributed by atoms with Gasteiger partial charge in [-0.05, 0) is 49.4 Å². The summed E-state index contributed by atoms with van der Waals surface area (Å²) in [6.45, 7) is 9.18. The highest BCUT2D eigenvalue weighted by Crippen LogP contribution is 2.19. The number of primary amides is 1. The van der Waals surface area contributed by atoms with Crippen molar-refractivity contribution in [2.45, 2.75) is 71.6 Å². The van der Waals surface area contributed by atoms with Crippen molar-refractivity contribution in [3.8, 4) is 0 Å². The van der Waals surface area contributed by atoms with Crippen LogP contribution < -0.4 is 21.8 Å². The Morgan fingerprint density at radius 1 is 1.05 bits per heavy atom. The van der Waals surface area contributed by atoms with Gasteiger partial charge in [0.05, 0.1) is 18.9 Å². The predicted octanol–water partition coefficient (Wildman–Crippen LogP) is 2.78. The summed E-state index contributed by atoms with van der Waals surface area (Å²) in [5.74, 6) is -0.688. The zero-order valence-electron chi connectivity index (χ0n) is 22.0. The quantitative estimate of drug-likeness (QED) is 0.158. The van der Waals surface area contributed by atoms with Gasteiger partial charge in [-0.15, -0.1) is 5.10 Å². The van der Waals surface area contributed by atoms with E-state index in [1.165, 1.54) is 0 Å². The minimum absolute atomic E-state index is 0.0177. The van der Waals surface area contributed by atoms with Gasteiger partial charge in [-0.2, -0.15) is 0 Å². The Labute approximate surface area is 217 Å². The van der Waals surface area contributed by atoms with E-state index in [2.05, 4.69) is 21.2 Å². The molecule has 0 saturated carbocycles. The third-order valence-corrected chi connectivity index (χ3v) is 5.19. The first kappa shape index (κ1) is 29.3. The van der Waals surface area contributed by atoms with Crippen molar-refractivity contribution < 1.29 is 23.9 Å². The molecule has 0 heterocycles. The van der Waals surface area contributed by atoms with E-state index >= 15 is 0 Å². The van der Waals surface area contributed by atoms with Gasteiger partial charge in [-0.1, -0.05) is 56.3 Å². The molecule has 2 aromatic rings. The van der Waals surface area contributed by atoms with E-state index in [1.807, 2.05) is 56.3 Å². The average molecular weight is 512 g/mol. The molecule has 0 fully saturated rings. The van der Waals surface area contributed by atoms with Crippen LogP contribution in [-0.2, 0) is 25.5 Å². The third kappa shape index (κ3) is 10.3. The number of aldehydes is 1. The largest absolute Gasteiger partial charge is 0.474 e. The van der Waals surface area contributed by atoms with Crippen LogP contribution in [0.25, 0.3) is 10.8 Å². The van der Waals surface area contributed by atoms with Gasteiger partial charge in [0.2, 0.25) is 17.7 Å². The molecule has 2 rings (SSSR count). The van der Waals surface area contributed by atoms with Gasteiger partial charge in [0.25, 0.3) is 0 Å². The van der Waals surface area contributed by atoms with Crippen LogP contribution in [0.1, 0.15) is 53.0 Å². The first-order valence-electron chi connectivity index (χ1n) is 12.2. The maximum Gasteiger partial charge on any atom is 0.332 e. The van der Waals surface area contributed by atoms with Crippen LogP contribution in [0.2, 0.25) is 0 Å². The number of ether oxygens (including phenoxy) is 1. The molecule has 2 aromatic carbocycles. The molecule has 0 radical (unpaired) electrons. The number of hydrogen-bond donors (Lipinski definition) is 4. The van der Waals surface area contributed by atoms with E-state index in [-0.39, 0.29) is 30.6 Å². The van der Waals surface area contributed by atoms with Crippen molar-refractivity contribution in [3.05, 3.63) is 48.0 Å². The number of rotatable bonds is 11. The molecule has 1 unspecified atom stereocenters. The lowest BCUT2D eigenvalue weighted by Gasteiger charge is -2.25. The van der Waals surface area contributed by atoms with Gasteiger partial charge < -0.3 is 25.9 Å². The normalized spacial score (nSPS) is 13.5. The van der Waals surface area contributed by atoms with Crippen molar-refractivity contribution in [3.63, 3.8) is 0 Å². The van der Waals surface area contributed by atoms with E-state index in [0.717, 1.165) is 16.3 Å². The van der Waals surface area contributed by atoms with Crippen molar-refractivity contribution in [2.75, 3.05) is 0 Å². The Morgan fingerprint density at radius 2 is 1.73 bits per heavy atom. The second-order valence-corrected chi connectivity index (χ2v) is 10.2. The Morgan fingerprint density at radius 3 is 2.35 bits per heavy atom. The van der Waals surface area contributed by atoms with E-state index in [9.17, 15) is 19.2 Å². The number of amides is 4. The van der Waals surface area contributed by atoms with Gasteiger partial charge in [0.1, 0.15) is 17.9 Å². The Bertz CT molecular complexity index is 1130. The minimum Gasteiger partial charge on any atom is -0.474 e. The van der Waals surface area contributed by atoms with Gasteiger partial charge in [0, 0.05) is 0 Å². The van der Waals surface area contributed by atoms with E-state index in [4.69, 9.17) is 10.5 Å². The van der Waals surface area contributed by atoms with Gasteiger partial charge in [-0.3, -0.25) is 9.59 Å². The summed E-state index contributed by atoms with van der Waals surface area (Å²) in [7, 11) is 0. The zero-order chi connectivity index (χ0) is 27.6. The fourth-order valence-corrected chi connectivity index (χ4v) is 3.75. The number of urea groups is 1. The topological polar surface area (TPSA) is 152 Å². The SMILES string of the molecule is CC(C)C[C@H](NC(=O)Cc1cccc2ccccc12)C(=O)NC(C=O)CC(=NNC(N)=O)OC(C)(C)C. The number of hydrogen-bond acceptors (Lipinski definition) is 6. The van der Waals surface area contributed by atoms with Gasteiger partial charge in [0.15, 0.2) is 0 Å². The van der Waals surface area contributed by atoms with Gasteiger partial charge >= 0.3 is 6.03 Å². The molecule has 5 N–H and O–H groups in total.